The molecule has 0 spiro atoms. The molecule has 1 heteroatoms. The first-order valence-corrected chi connectivity index (χ1v) is 7.62. The quantitative estimate of drug-likeness (QED) is 0.865. The van der Waals surface area contributed by atoms with E-state index >= 15 is 0 Å². The van der Waals surface area contributed by atoms with Crippen LogP contribution in [0.25, 0.3) is 0 Å². The summed E-state index contributed by atoms with van der Waals surface area (Å²) in [7, 11) is 0. The molecule has 2 unspecified atom stereocenters. The minimum absolute atomic E-state index is 0.538. The molecular weight excluding hydrogens is 242 g/mol. The van der Waals surface area contributed by atoms with E-state index in [1.165, 1.54) is 35.1 Å². The van der Waals surface area contributed by atoms with Crippen LogP contribution in [0, 0.1) is 6.92 Å². The van der Waals surface area contributed by atoms with E-state index in [4.69, 9.17) is 0 Å². The molecule has 2 aromatic carbocycles. The summed E-state index contributed by atoms with van der Waals surface area (Å²) in [5.41, 5.74) is 5.83. The Hall–Kier alpha value is -1.60. The van der Waals surface area contributed by atoms with E-state index in [9.17, 15) is 0 Å². The standard InChI is InChI=1S/C19H23N/c1-14-8-9-17-10-11-19(18(17)12-14)20-13-15(2)16-6-4-3-5-7-16/h3-9,12,15,19-20H,10-11,13H2,1-2H3. The summed E-state index contributed by atoms with van der Waals surface area (Å²) in [6, 6.07) is 18.2. The summed E-state index contributed by atoms with van der Waals surface area (Å²) in [6.45, 7) is 5.53. The lowest BCUT2D eigenvalue weighted by molar-refractivity contribution is 0.504. The number of nitrogens with one attached hydrogen (secondary N) is 1. The SMILES string of the molecule is Cc1ccc2c(c1)C(NCC(C)c1ccccc1)CC2. The van der Waals surface area contributed by atoms with Crippen LogP contribution in [0.2, 0.25) is 0 Å². The Morgan fingerprint density at radius 3 is 2.75 bits per heavy atom. The molecule has 20 heavy (non-hydrogen) atoms. The first-order chi connectivity index (χ1) is 9.74. The molecule has 1 aliphatic carbocycles. The summed E-state index contributed by atoms with van der Waals surface area (Å²) >= 11 is 0. The van der Waals surface area contributed by atoms with Gasteiger partial charge in [0, 0.05) is 12.6 Å². The highest BCUT2D eigenvalue weighted by Crippen LogP contribution is 2.32. The van der Waals surface area contributed by atoms with Crippen LogP contribution in [0.1, 0.15) is 47.6 Å². The molecule has 0 saturated carbocycles. The molecule has 3 rings (SSSR count). The fourth-order valence-corrected chi connectivity index (χ4v) is 3.15. The predicted molar refractivity (Wildman–Crippen MR) is 85.1 cm³/mol. The third kappa shape index (κ3) is 2.78. The molecule has 1 nitrogen and oxygen atoms in total. The van der Waals surface area contributed by atoms with Gasteiger partial charge in [0.05, 0.1) is 0 Å². The second kappa shape index (κ2) is 5.80. The van der Waals surface area contributed by atoms with Crippen molar-refractivity contribution in [2.75, 3.05) is 6.54 Å². The van der Waals surface area contributed by atoms with Crippen LogP contribution in [0.4, 0.5) is 0 Å². The summed E-state index contributed by atoms with van der Waals surface area (Å²) in [5.74, 6) is 0.560. The van der Waals surface area contributed by atoms with Crippen LogP contribution in [-0.4, -0.2) is 6.54 Å². The highest BCUT2D eigenvalue weighted by Gasteiger charge is 2.22. The highest BCUT2D eigenvalue weighted by atomic mass is 14.9. The Kier molecular flexibility index (Phi) is 3.88. The van der Waals surface area contributed by atoms with Gasteiger partial charge in [-0.1, -0.05) is 61.0 Å². The summed E-state index contributed by atoms with van der Waals surface area (Å²) in [5, 5.41) is 3.76. The van der Waals surface area contributed by atoms with Crippen molar-refractivity contribution >= 4 is 0 Å². The second-order valence-electron chi connectivity index (χ2n) is 6.01. The van der Waals surface area contributed by atoms with Gasteiger partial charge in [-0.2, -0.15) is 0 Å². The monoisotopic (exact) mass is 265 g/mol. The Morgan fingerprint density at radius 1 is 1.15 bits per heavy atom. The second-order valence-corrected chi connectivity index (χ2v) is 6.01. The van der Waals surface area contributed by atoms with Gasteiger partial charge in [-0.25, -0.2) is 0 Å². The van der Waals surface area contributed by atoms with Gasteiger partial charge in [0.1, 0.15) is 0 Å². The van der Waals surface area contributed by atoms with Gasteiger partial charge in [0.25, 0.3) is 0 Å². The average Bonchev–Trinajstić information content (AvgIpc) is 2.88. The molecule has 0 fully saturated rings. The minimum atomic E-state index is 0.538. The number of aryl methyl sites for hydroxylation is 2. The molecular formula is C19H23N. The third-order valence-electron chi connectivity index (χ3n) is 4.42. The predicted octanol–water partition coefficient (Wildman–Crippen LogP) is 4.38. The number of benzene rings is 2. The van der Waals surface area contributed by atoms with E-state index in [1.54, 1.807) is 0 Å². The minimum Gasteiger partial charge on any atom is -0.309 e. The van der Waals surface area contributed by atoms with E-state index in [1.807, 2.05) is 0 Å². The molecule has 0 radical (unpaired) electrons. The van der Waals surface area contributed by atoms with Crippen LogP contribution in [-0.2, 0) is 6.42 Å². The third-order valence-corrected chi connectivity index (χ3v) is 4.42. The van der Waals surface area contributed by atoms with Crippen LogP contribution in [0.5, 0.6) is 0 Å². The lowest BCUT2D eigenvalue weighted by Gasteiger charge is -2.18. The first kappa shape index (κ1) is 13.4. The molecule has 0 bridgehead atoms. The molecule has 104 valence electrons. The lowest BCUT2D eigenvalue weighted by Crippen LogP contribution is -2.24. The zero-order valence-electron chi connectivity index (χ0n) is 12.4. The normalized spacial score (nSPS) is 18.8. The topological polar surface area (TPSA) is 12.0 Å². The van der Waals surface area contributed by atoms with Crippen molar-refractivity contribution < 1.29 is 0 Å². The molecule has 1 N–H and O–H groups in total. The zero-order valence-corrected chi connectivity index (χ0v) is 12.4. The summed E-state index contributed by atoms with van der Waals surface area (Å²) in [4.78, 5) is 0. The van der Waals surface area contributed by atoms with Crippen LogP contribution < -0.4 is 5.32 Å². The lowest BCUT2D eigenvalue weighted by atomic mass is 10.00. The molecule has 2 aromatic rings. The number of hydrogen-bond acceptors (Lipinski definition) is 1. The van der Waals surface area contributed by atoms with E-state index in [0.717, 1.165) is 6.54 Å². The van der Waals surface area contributed by atoms with Crippen molar-refractivity contribution in [2.24, 2.45) is 0 Å². The average molecular weight is 265 g/mol. The summed E-state index contributed by atoms with van der Waals surface area (Å²) in [6.07, 6.45) is 2.45. The molecule has 0 aromatic heterocycles. The molecule has 0 aliphatic heterocycles. The smallest absolute Gasteiger partial charge is 0.0326 e. The van der Waals surface area contributed by atoms with E-state index in [2.05, 4.69) is 67.7 Å². The number of fused-ring (bicyclic) bond motifs is 1. The maximum absolute atomic E-state index is 3.76. The van der Waals surface area contributed by atoms with Crippen molar-refractivity contribution in [3.63, 3.8) is 0 Å². The fourth-order valence-electron chi connectivity index (χ4n) is 3.15. The Labute approximate surface area is 122 Å². The van der Waals surface area contributed by atoms with Gasteiger partial charge in [0.15, 0.2) is 0 Å². The first-order valence-electron chi connectivity index (χ1n) is 7.62. The van der Waals surface area contributed by atoms with Crippen molar-refractivity contribution in [3.8, 4) is 0 Å². The number of rotatable bonds is 4. The van der Waals surface area contributed by atoms with Gasteiger partial charge in [-0.05, 0) is 42.4 Å². The largest absolute Gasteiger partial charge is 0.309 e. The molecule has 1 aliphatic rings. The molecule has 0 saturated heterocycles. The van der Waals surface area contributed by atoms with Gasteiger partial charge in [-0.15, -0.1) is 0 Å². The van der Waals surface area contributed by atoms with Gasteiger partial charge < -0.3 is 5.32 Å². The fraction of sp³-hybridized carbons (Fsp3) is 0.368. The van der Waals surface area contributed by atoms with Crippen molar-refractivity contribution in [2.45, 2.75) is 38.6 Å². The van der Waals surface area contributed by atoms with Crippen LogP contribution in [0.15, 0.2) is 48.5 Å². The molecule has 0 amide bonds. The van der Waals surface area contributed by atoms with E-state index in [0.29, 0.717) is 12.0 Å². The van der Waals surface area contributed by atoms with Crippen molar-refractivity contribution in [3.05, 3.63) is 70.8 Å². The van der Waals surface area contributed by atoms with Crippen molar-refractivity contribution in [1.29, 1.82) is 0 Å². The van der Waals surface area contributed by atoms with Crippen molar-refractivity contribution in [1.82, 2.24) is 5.32 Å². The maximum atomic E-state index is 3.76. The van der Waals surface area contributed by atoms with E-state index in [-0.39, 0.29) is 0 Å². The Balaban J connectivity index is 1.65. The zero-order chi connectivity index (χ0) is 13.9. The Bertz CT molecular complexity index is 574. The Morgan fingerprint density at radius 2 is 1.95 bits per heavy atom. The number of hydrogen-bond donors (Lipinski definition) is 1. The maximum Gasteiger partial charge on any atom is 0.0326 e. The van der Waals surface area contributed by atoms with Crippen LogP contribution >= 0.6 is 0 Å². The molecule has 0 heterocycles. The van der Waals surface area contributed by atoms with Gasteiger partial charge in [0.2, 0.25) is 0 Å². The summed E-state index contributed by atoms with van der Waals surface area (Å²) < 4.78 is 0. The van der Waals surface area contributed by atoms with Gasteiger partial charge >= 0.3 is 0 Å². The van der Waals surface area contributed by atoms with Gasteiger partial charge in [-0.3, -0.25) is 0 Å². The molecule has 2 atom stereocenters. The highest BCUT2D eigenvalue weighted by molar-refractivity contribution is 5.37. The van der Waals surface area contributed by atoms with E-state index < -0.39 is 0 Å². The van der Waals surface area contributed by atoms with Crippen LogP contribution in [0.3, 0.4) is 0 Å².